The summed E-state index contributed by atoms with van der Waals surface area (Å²) in [5.74, 6) is 0.171. The van der Waals surface area contributed by atoms with Crippen molar-refractivity contribution >= 4 is 29.7 Å². The van der Waals surface area contributed by atoms with Crippen LogP contribution in [-0.4, -0.2) is 55.1 Å². The molecule has 0 N–H and O–H groups in total. The normalized spacial score (nSPS) is 24.4. The second kappa shape index (κ2) is 32.2. The molecule has 0 heterocycles. The first-order valence-corrected chi connectivity index (χ1v) is 28.4. The number of ketones is 1. The molecule has 0 spiro atoms. The number of rotatable bonds is 37. The van der Waals surface area contributed by atoms with Gasteiger partial charge in [-0.2, -0.15) is 0 Å². The van der Waals surface area contributed by atoms with E-state index in [9.17, 15) is 24.0 Å². The average molecular weight is 939 g/mol. The average Bonchev–Trinajstić information content (AvgIpc) is 3.65. The van der Waals surface area contributed by atoms with Crippen molar-refractivity contribution in [2.75, 3.05) is 13.2 Å². The zero-order chi connectivity index (χ0) is 48.2. The van der Waals surface area contributed by atoms with Crippen LogP contribution in [0.25, 0.3) is 0 Å². The first-order chi connectivity index (χ1) is 32.5. The van der Waals surface area contributed by atoms with Crippen LogP contribution in [0, 0.1) is 28.6 Å². The second-order valence-corrected chi connectivity index (χ2v) is 22.0. The van der Waals surface area contributed by atoms with Crippen LogP contribution in [0.3, 0.4) is 0 Å². The molecule has 0 amide bonds. The van der Waals surface area contributed by atoms with E-state index in [1.54, 1.807) is 0 Å². The van der Waals surface area contributed by atoms with Crippen molar-refractivity contribution in [3.8, 4) is 0 Å². The first-order valence-electron chi connectivity index (χ1n) is 28.4. The van der Waals surface area contributed by atoms with Gasteiger partial charge in [0.2, 0.25) is 0 Å². The summed E-state index contributed by atoms with van der Waals surface area (Å²) in [5.41, 5.74) is 1.35. The third-order valence-electron chi connectivity index (χ3n) is 16.8. The number of ether oxygens (including phenoxy) is 4. The Morgan fingerprint density at radius 3 is 1.48 bits per heavy atom. The Morgan fingerprint density at radius 2 is 0.985 bits per heavy atom. The van der Waals surface area contributed by atoms with Gasteiger partial charge < -0.3 is 18.9 Å². The number of hydrogen-bond acceptors (Lipinski definition) is 9. The van der Waals surface area contributed by atoms with Gasteiger partial charge in [-0.3, -0.25) is 24.0 Å². The monoisotopic (exact) mass is 939 g/mol. The summed E-state index contributed by atoms with van der Waals surface area (Å²) >= 11 is 0. The number of hydrogen-bond donors (Lipinski definition) is 0. The van der Waals surface area contributed by atoms with Crippen LogP contribution in [0.15, 0.2) is 11.6 Å². The molecule has 0 aromatic carbocycles. The van der Waals surface area contributed by atoms with E-state index in [1.165, 1.54) is 134 Å². The minimum absolute atomic E-state index is 0.0969. The fourth-order valence-electron chi connectivity index (χ4n) is 12.6. The van der Waals surface area contributed by atoms with Gasteiger partial charge in [-0.25, -0.2) is 0 Å². The molecular weight excluding hydrogens is 841 g/mol. The summed E-state index contributed by atoms with van der Waals surface area (Å²) in [6.45, 7) is 8.80. The number of carbonyl (C=O) groups excluding carboxylic acids is 5. The number of fused-ring (bicyclic) bond motifs is 5. The molecule has 0 aromatic heterocycles. The first kappa shape index (κ1) is 56.9. The quantitative estimate of drug-likeness (QED) is 0.0340. The third kappa shape index (κ3) is 20.3. The molecule has 3 unspecified atom stereocenters. The van der Waals surface area contributed by atoms with Crippen molar-refractivity contribution in [2.24, 2.45) is 28.6 Å². The molecule has 6 atom stereocenters. The number of allylic oxidation sites excluding steroid dienone is 1. The van der Waals surface area contributed by atoms with Crippen LogP contribution >= 0.6 is 0 Å². The highest BCUT2D eigenvalue weighted by Crippen LogP contribution is 2.65. The van der Waals surface area contributed by atoms with E-state index in [4.69, 9.17) is 18.9 Å². The standard InChI is InChI=1S/C58H98O9/c1-5-7-9-11-13-15-17-19-21-23-25-27-29-31-53(60)64-44-48(45-65-54(61)32-30-28-26-24-22-20-18-16-14-12-10-8-6-2)66-55(62)37-38-56(63)67-52-36-35-50-49-34-33-46-43-47(59)39-41-57(46,3)51(49)40-42-58(50,52)4/h43,48-52H,5-42,44-45H2,1-4H3/t49?,50?,51?,52-,57-,58-/m0/s1. The summed E-state index contributed by atoms with van der Waals surface area (Å²) in [5, 5.41) is 0. The van der Waals surface area contributed by atoms with Crippen LogP contribution in [0.5, 0.6) is 0 Å². The minimum atomic E-state index is -0.950. The lowest BCUT2D eigenvalue weighted by atomic mass is 9.47. The summed E-state index contributed by atoms with van der Waals surface area (Å²) in [6.07, 6.45) is 40.6. The van der Waals surface area contributed by atoms with Crippen molar-refractivity contribution < 1.29 is 42.9 Å². The Hall–Kier alpha value is -2.71. The summed E-state index contributed by atoms with van der Waals surface area (Å²) in [7, 11) is 0. The van der Waals surface area contributed by atoms with Crippen molar-refractivity contribution in [3.05, 3.63) is 11.6 Å². The summed E-state index contributed by atoms with van der Waals surface area (Å²) < 4.78 is 23.0. The molecule has 4 rings (SSSR count). The fourth-order valence-corrected chi connectivity index (χ4v) is 12.6. The molecule has 9 nitrogen and oxygen atoms in total. The van der Waals surface area contributed by atoms with Gasteiger partial charge in [0.15, 0.2) is 11.9 Å². The molecule has 0 aromatic rings. The van der Waals surface area contributed by atoms with Crippen molar-refractivity contribution in [1.82, 2.24) is 0 Å². The van der Waals surface area contributed by atoms with E-state index in [2.05, 4.69) is 27.7 Å². The van der Waals surface area contributed by atoms with Crippen molar-refractivity contribution in [2.45, 2.75) is 284 Å². The predicted octanol–water partition coefficient (Wildman–Crippen LogP) is 15.2. The third-order valence-corrected chi connectivity index (χ3v) is 16.8. The minimum Gasteiger partial charge on any atom is -0.462 e. The molecule has 9 heteroatoms. The fraction of sp³-hybridized carbons (Fsp3) is 0.879. The highest BCUT2D eigenvalue weighted by molar-refractivity contribution is 5.91. The van der Waals surface area contributed by atoms with E-state index in [0.29, 0.717) is 37.0 Å². The molecule has 0 aliphatic heterocycles. The zero-order valence-corrected chi connectivity index (χ0v) is 43.4. The Morgan fingerprint density at radius 1 is 0.522 bits per heavy atom. The Labute approximate surface area is 408 Å². The van der Waals surface area contributed by atoms with Gasteiger partial charge in [0.1, 0.15) is 19.3 Å². The summed E-state index contributed by atoms with van der Waals surface area (Å²) in [4.78, 5) is 64.3. The highest BCUT2D eigenvalue weighted by Gasteiger charge is 2.60. The topological polar surface area (TPSA) is 122 Å². The van der Waals surface area contributed by atoms with Gasteiger partial charge in [0.25, 0.3) is 0 Å². The number of carbonyl (C=O) groups is 5. The smallest absolute Gasteiger partial charge is 0.306 e. The molecular formula is C58H98O9. The van der Waals surface area contributed by atoms with Crippen LogP contribution < -0.4 is 0 Å². The van der Waals surface area contributed by atoms with E-state index < -0.39 is 18.0 Å². The molecule has 0 bridgehead atoms. The van der Waals surface area contributed by atoms with E-state index >= 15 is 0 Å². The lowest BCUT2D eigenvalue weighted by molar-refractivity contribution is -0.169. The number of unbranched alkanes of at least 4 members (excludes halogenated alkanes) is 24. The zero-order valence-electron chi connectivity index (χ0n) is 43.4. The van der Waals surface area contributed by atoms with Gasteiger partial charge in [-0.05, 0) is 87.0 Å². The van der Waals surface area contributed by atoms with E-state index in [-0.39, 0.29) is 60.7 Å². The summed E-state index contributed by atoms with van der Waals surface area (Å²) in [6, 6.07) is 0. The van der Waals surface area contributed by atoms with Gasteiger partial charge >= 0.3 is 23.9 Å². The Bertz CT molecular complexity index is 1440. The highest BCUT2D eigenvalue weighted by atomic mass is 16.6. The predicted molar refractivity (Wildman–Crippen MR) is 268 cm³/mol. The maximum Gasteiger partial charge on any atom is 0.306 e. The molecule has 3 saturated carbocycles. The Balaban J connectivity index is 1.15. The van der Waals surface area contributed by atoms with Crippen molar-refractivity contribution in [1.29, 1.82) is 0 Å². The van der Waals surface area contributed by atoms with Crippen LogP contribution in [0.1, 0.15) is 272 Å². The second-order valence-electron chi connectivity index (χ2n) is 22.0. The Kier molecular flexibility index (Phi) is 27.4. The molecule has 67 heavy (non-hydrogen) atoms. The molecule has 384 valence electrons. The molecule has 3 fully saturated rings. The van der Waals surface area contributed by atoms with Gasteiger partial charge in [-0.1, -0.05) is 187 Å². The van der Waals surface area contributed by atoms with Crippen LogP contribution in [-0.2, 0) is 42.9 Å². The van der Waals surface area contributed by atoms with Gasteiger partial charge in [-0.15, -0.1) is 0 Å². The maximum atomic E-state index is 13.3. The molecule has 0 radical (unpaired) electrons. The number of esters is 4. The van der Waals surface area contributed by atoms with Gasteiger partial charge in [0, 0.05) is 24.7 Å². The van der Waals surface area contributed by atoms with Crippen LogP contribution in [0.4, 0.5) is 0 Å². The van der Waals surface area contributed by atoms with Gasteiger partial charge in [0.05, 0.1) is 12.8 Å². The molecule has 4 aliphatic rings. The molecule has 4 aliphatic carbocycles. The van der Waals surface area contributed by atoms with Crippen molar-refractivity contribution in [3.63, 3.8) is 0 Å². The van der Waals surface area contributed by atoms with E-state index in [0.717, 1.165) is 83.5 Å². The van der Waals surface area contributed by atoms with Crippen LogP contribution in [0.2, 0.25) is 0 Å². The SMILES string of the molecule is CCCCCCCCCCCCCCCC(=O)OCC(COC(=O)CCCCCCCCCCCCCCC)OC(=O)CCC(=O)O[C@H]1CCC2C3CCC4=CC(=O)CC[C@]4(C)C3CC[C@@]21C. The lowest BCUT2D eigenvalue weighted by Gasteiger charge is -2.57. The molecule has 0 saturated heterocycles. The lowest BCUT2D eigenvalue weighted by Crippen LogP contribution is -2.51. The largest absolute Gasteiger partial charge is 0.462 e. The van der Waals surface area contributed by atoms with E-state index in [1.807, 2.05) is 6.08 Å². The maximum absolute atomic E-state index is 13.3.